The number of aromatic nitrogens is 3. The van der Waals surface area contributed by atoms with Crippen LogP contribution in [0.1, 0.15) is 12.1 Å². The number of fused-ring (bicyclic) bond motifs is 2. The van der Waals surface area contributed by atoms with Gasteiger partial charge in [-0.3, -0.25) is 4.79 Å². The summed E-state index contributed by atoms with van der Waals surface area (Å²) >= 11 is 3.26. The Balaban J connectivity index is 1.35. The van der Waals surface area contributed by atoms with Crippen molar-refractivity contribution in [1.29, 1.82) is 0 Å². The highest BCUT2D eigenvalue weighted by molar-refractivity contribution is 7.98. The van der Waals surface area contributed by atoms with Crippen molar-refractivity contribution in [2.45, 2.75) is 12.2 Å². The zero-order valence-electron chi connectivity index (χ0n) is 14.3. The summed E-state index contributed by atoms with van der Waals surface area (Å²) in [5.41, 5.74) is 3.08. The third kappa shape index (κ3) is 3.59. The van der Waals surface area contributed by atoms with Crippen molar-refractivity contribution in [2.75, 3.05) is 5.75 Å². The first kappa shape index (κ1) is 17.1. The van der Waals surface area contributed by atoms with Gasteiger partial charge in [-0.2, -0.15) is 16.8 Å². The molecule has 26 heavy (non-hydrogen) atoms. The van der Waals surface area contributed by atoms with Crippen molar-refractivity contribution < 1.29 is 4.79 Å². The molecule has 0 bridgehead atoms. The minimum Gasteiger partial charge on any atom is -0.319 e. The second-order valence-corrected chi connectivity index (χ2v) is 8.03. The van der Waals surface area contributed by atoms with Gasteiger partial charge in [-0.25, -0.2) is 4.98 Å². The topological polar surface area (TPSA) is 51.7 Å². The van der Waals surface area contributed by atoms with Crippen LogP contribution in [0.15, 0.2) is 59.9 Å². The van der Waals surface area contributed by atoms with E-state index in [1.165, 1.54) is 0 Å². The number of hydrogen-bond donors (Lipinski definition) is 0. The molecule has 0 aliphatic rings. The Morgan fingerprint density at radius 2 is 2.08 bits per heavy atom. The van der Waals surface area contributed by atoms with Crippen LogP contribution in [0.2, 0.25) is 0 Å². The first-order valence-electron chi connectivity index (χ1n) is 8.33. The Kier molecular flexibility index (Phi) is 4.90. The number of thiazole rings is 1. The number of nitrogens with zero attached hydrogens (tertiary/aromatic N) is 4. The van der Waals surface area contributed by atoms with Gasteiger partial charge in [0.2, 0.25) is 5.91 Å². The fraction of sp³-hybridized carbons (Fsp3) is 0.211. The number of para-hydroxylation sites is 1. The molecular weight excluding hydrogens is 364 g/mol. The maximum absolute atomic E-state index is 12.2. The van der Waals surface area contributed by atoms with E-state index in [1.807, 2.05) is 70.9 Å². The number of benzene rings is 1. The fourth-order valence-electron chi connectivity index (χ4n) is 2.74. The zero-order valence-corrected chi connectivity index (χ0v) is 16.0. The number of aryl methyl sites for hydroxylation is 1. The van der Waals surface area contributed by atoms with E-state index in [4.69, 9.17) is 0 Å². The van der Waals surface area contributed by atoms with Gasteiger partial charge >= 0.3 is 0 Å². The van der Waals surface area contributed by atoms with Gasteiger partial charge in [0, 0.05) is 37.4 Å². The molecule has 0 radical (unpaired) electrons. The van der Waals surface area contributed by atoms with Gasteiger partial charge in [-0.05, 0) is 24.3 Å². The Bertz CT molecular complexity index is 1110. The first-order valence-corrected chi connectivity index (χ1v) is 10.3. The van der Waals surface area contributed by atoms with Gasteiger partial charge in [0.1, 0.15) is 5.65 Å². The molecule has 132 valence electrons. The second-order valence-electron chi connectivity index (χ2n) is 5.92. The molecule has 0 saturated heterocycles. The van der Waals surface area contributed by atoms with Crippen LogP contribution in [-0.4, -0.2) is 25.6 Å². The summed E-state index contributed by atoms with van der Waals surface area (Å²) in [5, 5.41) is 0. The van der Waals surface area contributed by atoms with Crippen LogP contribution in [0.5, 0.6) is 0 Å². The lowest BCUT2D eigenvalue weighted by Crippen LogP contribution is -2.13. The van der Waals surface area contributed by atoms with E-state index in [1.54, 1.807) is 23.1 Å². The minimum atomic E-state index is -0.0744. The molecule has 0 aliphatic heterocycles. The molecule has 0 atom stereocenters. The molecule has 0 N–H and O–H groups in total. The highest BCUT2D eigenvalue weighted by Crippen LogP contribution is 2.16. The van der Waals surface area contributed by atoms with Crippen molar-refractivity contribution >= 4 is 44.9 Å². The minimum absolute atomic E-state index is 0.0744. The number of pyridine rings is 1. The van der Waals surface area contributed by atoms with E-state index in [2.05, 4.69) is 9.98 Å². The van der Waals surface area contributed by atoms with E-state index in [9.17, 15) is 4.79 Å². The Hall–Kier alpha value is -2.38. The van der Waals surface area contributed by atoms with Crippen LogP contribution in [0, 0.1) is 0 Å². The predicted molar refractivity (Wildman–Crippen MR) is 107 cm³/mol. The van der Waals surface area contributed by atoms with Gasteiger partial charge in [-0.15, -0.1) is 0 Å². The summed E-state index contributed by atoms with van der Waals surface area (Å²) in [7, 11) is 1.95. The number of hydrogen-bond acceptors (Lipinski definition) is 4. The van der Waals surface area contributed by atoms with Crippen molar-refractivity contribution in [2.24, 2.45) is 12.0 Å². The summed E-state index contributed by atoms with van der Waals surface area (Å²) in [6.45, 7) is 0. The Morgan fingerprint density at radius 1 is 1.23 bits per heavy atom. The van der Waals surface area contributed by atoms with Crippen LogP contribution in [-0.2, 0) is 17.6 Å². The van der Waals surface area contributed by atoms with E-state index in [0.717, 1.165) is 37.9 Å². The van der Waals surface area contributed by atoms with Crippen LogP contribution >= 0.6 is 23.1 Å². The van der Waals surface area contributed by atoms with Gasteiger partial charge in [0.15, 0.2) is 4.80 Å². The fourth-order valence-corrected chi connectivity index (χ4v) is 4.59. The van der Waals surface area contributed by atoms with E-state index >= 15 is 0 Å². The monoisotopic (exact) mass is 382 g/mol. The number of imidazole rings is 1. The largest absolute Gasteiger partial charge is 0.319 e. The first-order chi connectivity index (χ1) is 12.7. The molecule has 1 aromatic carbocycles. The maximum atomic E-state index is 12.2. The number of thioether (sulfide) groups is 1. The lowest BCUT2D eigenvalue weighted by molar-refractivity contribution is -0.117. The SMILES string of the molecule is Cn1c(=NC(=O)CCSCc2cn3ccccc3n2)sc2ccccc21. The van der Waals surface area contributed by atoms with Gasteiger partial charge in [-0.1, -0.05) is 29.5 Å². The van der Waals surface area contributed by atoms with E-state index in [0.29, 0.717) is 6.42 Å². The third-order valence-corrected chi connectivity index (χ3v) is 6.16. The molecule has 0 aliphatic carbocycles. The molecule has 4 rings (SSSR count). The van der Waals surface area contributed by atoms with Crippen LogP contribution in [0.4, 0.5) is 0 Å². The number of amides is 1. The predicted octanol–water partition coefficient (Wildman–Crippen LogP) is 3.64. The molecule has 0 fully saturated rings. The van der Waals surface area contributed by atoms with E-state index in [-0.39, 0.29) is 5.91 Å². The van der Waals surface area contributed by atoms with Gasteiger partial charge < -0.3 is 8.97 Å². The zero-order chi connectivity index (χ0) is 17.9. The summed E-state index contributed by atoms with van der Waals surface area (Å²) in [6.07, 6.45) is 4.46. The summed E-state index contributed by atoms with van der Waals surface area (Å²) < 4.78 is 5.13. The molecule has 5 nitrogen and oxygen atoms in total. The molecule has 0 saturated carbocycles. The molecule has 7 heteroatoms. The van der Waals surface area contributed by atoms with Crippen LogP contribution in [0.3, 0.4) is 0 Å². The van der Waals surface area contributed by atoms with Gasteiger partial charge in [0.05, 0.1) is 15.9 Å². The average Bonchev–Trinajstić information content (AvgIpc) is 3.20. The number of carbonyl (C=O) groups excluding carboxylic acids is 1. The average molecular weight is 383 g/mol. The Morgan fingerprint density at radius 3 is 2.92 bits per heavy atom. The molecule has 0 spiro atoms. The molecular formula is C19H18N4OS2. The van der Waals surface area contributed by atoms with Crippen molar-refractivity contribution in [3.05, 3.63) is 65.4 Å². The lowest BCUT2D eigenvalue weighted by Gasteiger charge is -1.97. The van der Waals surface area contributed by atoms with Crippen LogP contribution < -0.4 is 4.80 Å². The third-order valence-electron chi connectivity index (χ3n) is 4.06. The standard InChI is InChI=1S/C19H18N4OS2/c1-22-15-6-2-3-7-16(15)26-19(22)21-18(24)9-11-25-13-14-12-23-10-5-4-8-17(23)20-14/h2-8,10,12H,9,11,13H2,1H3. The van der Waals surface area contributed by atoms with Gasteiger partial charge in [0.25, 0.3) is 0 Å². The van der Waals surface area contributed by atoms with Crippen molar-refractivity contribution in [3.8, 4) is 0 Å². The normalized spacial score (nSPS) is 12.3. The lowest BCUT2D eigenvalue weighted by atomic mass is 10.3. The van der Waals surface area contributed by atoms with Crippen molar-refractivity contribution in [1.82, 2.24) is 14.0 Å². The van der Waals surface area contributed by atoms with Crippen LogP contribution in [0.25, 0.3) is 15.9 Å². The molecule has 0 unspecified atom stereocenters. The highest BCUT2D eigenvalue weighted by atomic mass is 32.2. The number of carbonyl (C=O) groups is 1. The smallest absolute Gasteiger partial charge is 0.249 e. The van der Waals surface area contributed by atoms with Crippen molar-refractivity contribution in [3.63, 3.8) is 0 Å². The second kappa shape index (κ2) is 7.47. The molecule has 4 aromatic rings. The molecule has 3 heterocycles. The number of rotatable bonds is 5. The molecule has 1 amide bonds. The summed E-state index contributed by atoms with van der Waals surface area (Å²) in [6, 6.07) is 14.0. The van der Waals surface area contributed by atoms with E-state index < -0.39 is 0 Å². The Labute approximate surface area is 159 Å². The summed E-state index contributed by atoms with van der Waals surface area (Å²) in [4.78, 5) is 21.8. The maximum Gasteiger partial charge on any atom is 0.249 e. The molecule has 3 aromatic heterocycles. The quantitative estimate of drug-likeness (QED) is 0.495. The summed E-state index contributed by atoms with van der Waals surface area (Å²) in [5.74, 6) is 1.46. The highest BCUT2D eigenvalue weighted by Gasteiger charge is 2.06.